The number of aliphatic hydroxyl groups is 1. The third-order valence-electron chi connectivity index (χ3n) is 6.27. The fraction of sp³-hybridized carbons (Fsp3) is 0.789. The first-order valence-corrected chi connectivity index (χ1v) is 11.5. The standard InChI is InChI=1S/C19H30N2O6S/c1-18(2,28(24,25)12-14-5-9-26-10-6-14)17(23)20-16-11-15(21-27-16)19(13-22)7-3-4-8-19/h11,14,22H,3-10,12-13H2,1-2H3,(H,20,23). The molecule has 1 aromatic rings. The van der Waals surface area contributed by atoms with Crippen molar-refractivity contribution in [3.63, 3.8) is 0 Å². The number of rotatable bonds is 7. The molecule has 2 heterocycles. The molecule has 1 saturated carbocycles. The number of hydrogen-bond acceptors (Lipinski definition) is 7. The number of amides is 1. The van der Waals surface area contributed by atoms with E-state index in [1.54, 1.807) is 6.07 Å². The van der Waals surface area contributed by atoms with E-state index in [0.717, 1.165) is 25.7 Å². The van der Waals surface area contributed by atoms with Crippen LogP contribution in [-0.2, 0) is 24.8 Å². The van der Waals surface area contributed by atoms with E-state index in [1.165, 1.54) is 13.8 Å². The van der Waals surface area contributed by atoms with Crippen molar-refractivity contribution in [2.75, 3.05) is 30.9 Å². The predicted molar refractivity (Wildman–Crippen MR) is 104 cm³/mol. The fourth-order valence-electron chi connectivity index (χ4n) is 3.97. The normalized spacial score (nSPS) is 21.0. The second kappa shape index (κ2) is 8.12. The smallest absolute Gasteiger partial charge is 0.247 e. The van der Waals surface area contributed by atoms with Gasteiger partial charge in [0.2, 0.25) is 11.8 Å². The van der Waals surface area contributed by atoms with Crippen LogP contribution in [0.3, 0.4) is 0 Å². The minimum Gasteiger partial charge on any atom is -0.395 e. The molecule has 1 aromatic heterocycles. The Morgan fingerprint density at radius 3 is 2.57 bits per heavy atom. The van der Waals surface area contributed by atoms with E-state index in [-0.39, 0.29) is 24.2 Å². The summed E-state index contributed by atoms with van der Waals surface area (Å²) in [6, 6.07) is 1.60. The van der Waals surface area contributed by atoms with E-state index >= 15 is 0 Å². The van der Waals surface area contributed by atoms with Crippen molar-refractivity contribution in [3.05, 3.63) is 11.8 Å². The SMILES string of the molecule is CC(C)(C(=O)Nc1cc(C2(CO)CCCC2)no1)S(=O)(=O)CC1CCOCC1. The van der Waals surface area contributed by atoms with Gasteiger partial charge in [-0.2, -0.15) is 0 Å². The van der Waals surface area contributed by atoms with Gasteiger partial charge < -0.3 is 14.4 Å². The first-order valence-electron chi connectivity index (χ1n) is 9.90. The van der Waals surface area contributed by atoms with Crippen LogP contribution in [0.5, 0.6) is 0 Å². The van der Waals surface area contributed by atoms with E-state index in [0.29, 0.717) is 31.7 Å². The predicted octanol–water partition coefficient (Wildman–Crippen LogP) is 2.04. The van der Waals surface area contributed by atoms with Gasteiger partial charge >= 0.3 is 0 Å². The molecule has 2 aliphatic rings. The van der Waals surface area contributed by atoms with Gasteiger partial charge in [-0.1, -0.05) is 18.0 Å². The highest BCUT2D eigenvalue weighted by molar-refractivity contribution is 7.93. The Hall–Kier alpha value is -1.45. The summed E-state index contributed by atoms with van der Waals surface area (Å²) in [5.74, 6) is -0.568. The zero-order valence-corrected chi connectivity index (χ0v) is 17.4. The van der Waals surface area contributed by atoms with Gasteiger partial charge in [0, 0.05) is 24.7 Å². The van der Waals surface area contributed by atoms with Crippen LogP contribution in [0.1, 0.15) is 58.1 Å². The van der Waals surface area contributed by atoms with Gasteiger partial charge in [-0.05, 0) is 45.4 Å². The number of anilines is 1. The first-order chi connectivity index (χ1) is 13.2. The van der Waals surface area contributed by atoms with Gasteiger partial charge in [-0.15, -0.1) is 0 Å². The summed E-state index contributed by atoms with van der Waals surface area (Å²) in [4.78, 5) is 12.8. The average molecular weight is 415 g/mol. The largest absolute Gasteiger partial charge is 0.395 e. The molecule has 0 radical (unpaired) electrons. The number of carbonyl (C=O) groups excluding carboxylic acids is 1. The number of nitrogens with one attached hydrogen (secondary N) is 1. The number of hydrogen-bond donors (Lipinski definition) is 2. The number of carbonyl (C=O) groups is 1. The zero-order valence-electron chi connectivity index (χ0n) is 16.6. The van der Waals surface area contributed by atoms with E-state index in [4.69, 9.17) is 9.26 Å². The Kier molecular flexibility index (Phi) is 6.17. The van der Waals surface area contributed by atoms with Crippen LogP contribution >= 0.6 is 0 Å². The van der Waals surface area contributed by atoms with Gasteiger partial charge in [0.15, 0.2) is 9.84 Å². The highest BCUT2D eigenvalue weighted by Gasteiger charge is 2.44. The first kappa shape index (κ1) is 21.3. The second-order valence-corrected chi connectivity index (χ2v) is 11.1. The van der Waals surface area contributed by atoms with Crippen molar-refractivity contribution < 1.29 is 27.6 Å². The molecule has 1 aliphatic carbocycles. The van der Waals surface area contributed by atoms with Crippen molar-refractivity contribution in [2.24, 2.45) is 5.92 Å². The molecule has 0 atom stereocenters. The summed E-state index contributed by atoms with van der Waals surface area (Å²) < 4.78 is 34.7. The number of ether oxygens (including phenoxy) is 1. The maximum atomic E-state index is 12.9. The monoisotopic (exact) mass is 414 g/mol. The Balaban J connectivity index is 1.69. The molecule has 9 heteroatoms. The van der Waals surface area contributed by atoms with E-state index in [1.807, 2.05) is 0 Å². The average Bonchev–Trinajstić information content (AvgIpc) is 3.32. The lowest BCUT2D eigenvalue weighted by atomic mass is 9.84. The molecule has 2 N–H and O–H groups in total. The summed E-state index contributed by atoms with van der Waals surface area (Å²) in [5.41, 5.74) is 0.169. The number of aliphatic hydroxyl groups excluding tert-OH is 1. The Labute approximate surface area is 165 Å². The minimum atomic E-state index is -3.67. The molecular formula is C19H30N2O6S. The van der Waals surface area contributed by atoms with E-state index in [9.17, 15) is 18.3 Å². The molecule has 0 bridgehead atoms. The van der Waals surface area contributed by atoms with Gasteiger partial charge in [0.1, 0.15) is 4.75 Å². The van der Waals surface area contributed by atoms with Crippen molar-refractivity contribution in [2.45, 2.75) is 62.5 Å². The lowest BCUT2D eigenvalue weighted by molar-refractivity contribution is -0.118. The maximum absolute atomic E-state index is 12.9. The van der Waals surface area contributed by atoms with E-state index in [2.05, 4.69) is 10.5 Å². The maximum Gasteiger partial charge on any atom is 0.247 e. The Morgan fingerprint density at radius 2 is 1.96 bits per heavy atom. The van der Waals surface area contributed by atoms with Crippen molar-refractivity contribution >= 4 is 21.6 Å². The molecule has 1 aliphatic heterocycles. The van der Waals surface area contributed by atoms with Crippen LogP contribution in [0, 0.1) is 5.92 Å². The van der Waals surface area contributed by atoms with E-state index < -0.39 is 25.9 Å². The highest BCUT2D eigenvalue weighted by atomic mass is 32.2. The summed E-state index contributed by atoms with van der Waals surface area (Å²) >= 11 is 0. The van der Waals surface area contributed by atoms with Crippen LogP contribution in [0.25, 0.3) is 0 Å². The molecule has 1 amide bonds. The number of aromatic nitrogens is 1. The Morgan fingerprint density at radius 1 is 1.32 bits per heavy atom. The number of sulfone groups is 1. The van der Waals surface area contributed by atoms with Crippen LogP contribution in [0.2, 0.25) is 0 Å². The molecule has 2 fully saturated rings. The van der Waals surface area contributed by atoms with Crippen LogP contribution in [0.4, 0.5) is 5.88 Å². The zero-order chi connectivity index (χ0) is 20.4. The van der Waals surface area contributed by atoms with Gasteiger partial charge in [0.05, 0.1) is 18.1 Å². The van der Waals surface area contributed by atoms with Crippen LogP contribution in [-0.4, -0.2) is 54.9 Å². The topological polar surface area (TPSA) is 119 Å². The summed E-state index contributed by atoms with van der Waals surface area (Å²) in [7, 11) is -3.67. The van der Waals surface area contributed by atoms with Crippen molar-refractivity contribution in [1.29, 1.82) is 0 Å². The Bertz CT molecular complexity index is 789. The summed E-state index contributed by atoms with van der Waals surface area (Å²) in [6.07, 6.45) is 5.01. The fourth-order valence-corrected chi connectivity index (χ4v) is 5.67. The number of nitrogens with zero attached hydrogens (tertiary/aromatic N) is 1. The molecule has 3 rings (SSSR count). The minimum absolute atomic E-state index is 0.00878. The highest BCUT2D eigenvalue weighted by Crippen LogP contribution is 2.40. The second-order valence-electron chi connectivity index (χ2n) is 8.52. The lowest BCUT2D eigenvalue weighted by Gasteiger charge is -2.28. The molecule has 8 nitrogen and oxygen atoms in total. The quantitative estimate of drug-likeness (QED) is 0.701. The molecule has 1 saturated heterocycles. The van der Waals surface area contributed by atoms with Crippen molar-refractivity contribution in [1.82, 2.24) is 5.16 Å². The van der Waals surface area contributed by atoms with Gasteiger partial charge in [-0.25, -0.2) is 8.42 Å². The molecule has 0 spiro atoms. The summed E-state index contributed by atoms with van der Waals surface area (Å²) in [5, 5.41) is 16.4. The molecule has 158 valence electrons. The third-order valence-corrected chi connectivity index (χ3v) is 8.92. The van der Waals surface area contributed by atoms with Gasteiger partial charge in [-0.3, -0.25) is 10.1 Å². The van der Waals surface area contributed by atoms with Gasteiger partial charge in [0.25, 0.3) is 0 Å². The molecule has 0 aromatic carbocycles. The lowest BCUT2D eigenvalue weighted by Crippen LogP contribution is -2.47. The molecule has 0 unspecified atom stereocenters. The van der Waals surface area contributed by atoms with Crippen LogP contribution < -0.4 is 5.32 Å². The van der Waals surface area contributed by atoms with Crippen LogP contribution in [0.15, 0.2) is 10.6 Å². The summed E-state index contributed by atoms with van der Waals surface area (Å²) in [6.45, 7) is 3.92. The molecular weight excluding hydrogens is 384 g/mol. The van der Waals surface area contributed by atoms with Crippen molar-refractivity contribution in [3.8, 4) is 0 Å². The molecule has 28 heavy (non-hydrogen) atoms. The third kappa shape index (κ3) is 4.11.